The first-order chi connectivity index (χ1) is 8.22. The summed E-state index contributed by atoms with van der Waals surface area (Å²) in [6, 6.07) is 9.79. The fourth-order valence-electron chi connectivity index (χ4n) is 1.56. The lowest BCUT2D eigenvalue weighted by molar-refractivity contribution is 0.00172. The normalized spacial score (nSPS) is 14.2. The predicted molar refractivity (Wildman–Crippen MR) is 67.5 cm³/mol. The van der Waals surface area contributed by atoms with Gasteiger partial charge in [0.15, 0.2) is 0 Å². The van der Waals surface area contributed by atoms with Crippen LogP contribution in [0.1, 0.15) is 18.4 Å². The minimum absolute atomic E-state index is 0.239. The Morgan fingerprint density at radius 3 is 2.53 bits per heavy atom. The second-order valence-electron chi connectivity index (χ2n) is 4.07. The molecule has 2 atom stereocenters. The number of benzene rings is 1. The van der Waals surface area contributed by atoms with Gasteiger partial charge in [-0.15, -0.1) is 6.58 Å². The molecule has 3 heteroatoms. The molecule has 0 aliphatic carbocycles. The molecule has 0 bridgehead atoms. The fraction of sp³-hybridized carbons (Fsp3) is 0.429. The molecule has 17 heavy (non-hydrogen) atoms. The highest BCUT2D eigenvalue weighted by atomic mass is 16.5. The van der Waals surface area contributed by atoms with Crippen LogP contribution in [-0.2, 0) is 11.3 Å². The third kappa shape index (κ3) is 6.22. The molecular weight excluding hydrogens is 216 g/mol. The van der Waals surface area contributed by atoms with Gasteiger partial charge in [-0.3, -0.25) is 0 Å². The summed E-state index contributed by atoms with van der Waals surface area (Å²) in [6.45, 7) is 4.26. The third-order valence-corrected chi connectivity index (χ3v) is 2.40. The fourth-order valence-corrected chi connectivity index (χ4v) is 1.56. The average Bonchev–Trinajstić information content (AvgIpc) is 2.30. The maximum atomic E-state index is 9.60. The van der Waals surface area contributed by atoms with Gasteiger partial charge in [0, 0.05) is 6.42 Å². The van der Waals surface area contributed by atoms with Crippen molar-refractivity contribution in [2.75, 3.05) is 6.61 Å². The molecule has 0 heterocycles. The summed E-state index contributed by atoms with van der Waals surface area (Å²) in [6.07, 6.45) is 1.29. The van der Waals surface area contributed by atoms with Gasteiger partial charge in [-0.25, -0.2) is 0 Å². The number of ether oxygens (including phenoxy) is 1. The minimum atomic E-state index is -0.631. The molecule has 1 rings (SSSR count). The Kier molecular flexibility index (Phi) is 6.55. The van der Waals surface area contributed by atoms with E-state index in [0.29, 0.717) is 19.4 Å². The van der Waals surface area contributed by atoms with Gasteiger partial charge in [-0.1, -0.05) is 36.4 Å². The summed E-state index contributed by atoms with van der Waals surface area (Å²) < 4.78 is 5.37. The maximum absolute atomic E-state index is 9.60. The number of hydrogen-bond acceptors (Lipinski definition) is 3. The Labute approximate surface area is 102 Å². The van der Waals surface area contributed by atoms with Crippen LogP contribution in [0, 0.1) is 0 Å². The summed E-state index contributed by atoms with van der Waals surface area (Å²) in [5.74, 6) is 0. The number of aliphatic hydroxyl groups is 2. The van der Waals surface area contributed by atoms with Crippen LogP contribution in [0.25, 0.3) is 0 Å². The number of hydrogen-bond donors (Lipinski definition) is 2. The van der Waals surface area contributed by atoms with Crippen molar-refractivity contribution in [2.24, 2.45) is 0 Å². The van der Waals surface area contributed by atoms with Crippen molar-refractivity contribution in [3.63, 3.8) is 0 Å². The summed E-state index contributed by atoms with van der Waals surface area (Å²) in [4.78, 5) is 0. The molecule has 1 aromatic carbocycles. The molecule has 3 nitrogen and oxygen atoms in total. The van der Waals surface area contributed by atoms with E-state index in [-0.39, 0.29) is 6.61 Å². The Hall–Kier alpha value is -1.16. The molecule has 2 N–H and O–H groups in total. The predicted octanol–water partition coefficient (Wildman–Crippen LogP) is 1.89. The van der Waals surface area contributed by atoms with Crippen molar-refractivity contribution in [3.05, 3.63) is 48.6 Å². The lowest BCUT2D eigenvalue weighted by Crippen LogP contribution is -2.22. The molecule has 0 unspecified atom stereocenters. The van der Waals surface area contributed by atoms with Crippen molar-refractivity contribution in [2.45, 2.75) is 31.7 Å². The van der Waals surface area contributed by atoms with E-state index in [1.54, 1.807) is 6.08 Å². The molecule has 0 saturated heterocycles. The van der Waals surface area contributed by atoms with E-state index in [4.69, 9.17) is 4.74 Å². The van der Waals surface area contributed by atoms with Crippen LogP contribution in [0.15, 0.2) is 43.0 Å². The SMILES string of the molecule is C=CC[C@H](O)C[C@H](O)COCc1ccccc1. The van der Waals surface area contributed by atoms with Crippen LogP contribution in [0.4, 0.5) is 0 Å². The monoisotopic (exact) mass is 236 g/mol. The van der Waals surface area contributed by atoms with Gasteiger partial charge >= 0.3 is 0 Å². The zero-order valence-electron chi connectivity index (χ0n) is 9.96. The molecule has 0 spiro atoms. The molecular formula is C14H20O3. The molecule has 1 aromatic rings. The van der Waals surface area contributed by atoms with Crippen LogP contribution in [0.3, 0.4) is 0 Å². The van der Waals surface area contributed by atoms with Crippen LogP contribution >= 0.6 is 0 Å². The van der Waals surface area contributed by atoms with E-state index in [1.807, 2.05) is 30.3 Å². The van der Waals surface area contributed by atoms with Gasteiger partial charge in [-0.05, 0) is 12.0 Å². The Bertz CT molecular complexity index is 311. The zero-order valence-corrected chi connectivity index (χ0v) is 9.96. The van der Waals surface area contributed by atoms with Crippen molar-refractivity contribution < 1.29 is 14.9 Å². The third-order valence-electron chi connectivity index (χ3n) is 2.40. The molecule has 0 aromatic heterocycles. The van der Waals surface area contributed by atoms with Gasteiger partial charge in [0.1, 0.15) is 0 Å². The van der Waals surface area contributed by atoms with Crippen molar-refractivity contribution in [1.82, 2.24) is 0 Å². The van der Waals surface area contributed by atoms with Gasteiger partial charge in [0.25, 0.3) is 0 Å². The first-order valence-corrected chi connectivity index (χ1v) is 5.81. The highest BCUT2D eigenvalue weighted by Gasteiger charge is 2.10. The Balaban J connectivity index is 2.16. The smallest absolute Gasteiger partial charge is 0.0798 e. The summed E-state index contributed by atoms with van der Waals surface area (Å²) >= 11 is 0. The van der Waals surface area contributed by atoms with Gasteiger partial charge in [0.05, 0.1) is 25.4 Å². The summed E-state index contributed by atoms with van der Waals surface area (Å²) in [5.41, 5.74) is 1.08. The first kappa shape index (κ1) is 13.9. The van der Waals surface area contributed by atoms with Crippen LogP contribution in [0.2, 0.25) is 0 Å². The zero-order chi connectivity index (χ0) is 12.5. The standard InChI is InChI=1S/C14H20O3/c1-2-6-13(15)9-14(16)11-17-10-12-7-4-3-5-8-12/h2-5,7-8,13-16H,1,6,9-11H2/t13-,14-/m0/s1. The van der Waals surface area contributed by atoms with Crippen molar-refractivity contribution in [3.8, 4) is 0 Å². The van der Waals surface area contributed by atoms with E-state index in [2.05, 4.69) is 6.58 Å². The lowest BCUT2D eigenvalue weighted by Gasteiger charge is -2.14. The average molecular weight is 236 g/mol. The molecule has 0 amide bonds. The minimum Gasteiger partial charge on any atom is -0.393 e. The van der Waals surface area contributed by atoms with Gasteiger partial charge in [-0.2, -0.15) is 0 Å². The first-order valence-electron chi connectivity index (χ1n) is 5.81. The highest BCUT2D eigenvalue weighted by Crippen LogP contribution is 2.05. The number of aliphatic hydroxyl groups excluding tert-OH is 2. The van der Waals surface area contributed by atoms with Crippen LogP contribution in [-0.4, -0.2) is 29.0 Å². The largest absolute Gasteiger partial charge is 0.393 e. The van der Waals surface area contributed by atoms with Crippen molar-refractivity contribution in [1.29, 1.82) is 0 Å². The van der Waals surface area contributed by atoms with Gasteiger partial charge in [0.2, 0.25) is 0 Å². The second-order valence-corrected chi connectivity index (χ2v) is 4.07. The molecule has 0 aliphatic rings. The van der Waals surface area contributed by atoms with Crippen molar-refractivity contribution >= 4 is 0 Å². The molecule has 0 aliphatic heterocycles. The van der Waals surface area contributed by atoms with E-state index in [9.17, 15) is 10.2 Å². The van der Waals surface area contributed by atoms with E-state index in [1.165, 1.54) is 0 Å². The quantitative estimate of drug-likeness (QED) is 0.678. The van der Waals surface area contributed by atoms with Gasteiger partial charge < -0.3 is 14.9 Å². The topological polar surface area (TPSA) is 49.7 Å². The summed E-state index contributed by atoms with van der Waals surface area (Å²) in [5, 5.41) is 19.1. The second kappa shape index (κ2) is 8.01. The van der Waals surface area contributed by atoms with E-state index in [0.717, 1.165) is 5.56 Å². The molecule has 94 valence electrons. The van der Waals surface area contributed by atoms with Crippen LogP contribution < -0.4 is 0 Å². The molecule has 0 fully saturated rings. The van der Waals surface area contributed by atoms with E-state index < -0.39 is 12.2 Å². The highest BCUT2D eigenvalue weighted by molar-refractivity contribution is 5.13. The molecule has 0 saturated carbocycles. The summed E-state index contributed by atoms with van der Waals surface area (Å²) in [7, 11) is 0. The van der Waals surface area contributed by atoms with Crippen LogP contribution in [0.5, 0.6) is 0 Å². The maximum Gasteiger partial charge on any atom is 0.0798 e. The Morgan fingerprint density at radius 1 is 1.18 bits per heavy atom. The van der Waals surface area contributed by atoms with E-state index >= 15 is 0 Å². The molecule has 0 radical (unpaired) electrons. The number of rotatable bonds is 8. The Morgan fingerprint density at radius 2 is 1.88 bits per heavy atom. The lowest BCUT2D eigenvalue weighted by atomic mass is 10.1.